The summed E-state index contributed by atoms with van der Waals surface area (Å²) in [6.07, 6.45) is 0. The first-order valence-corrected chi connectivity index (χ1v) is 4.03. The third-order valence-electron chi connectivity index (χ3n) is 1.56. The summed E-state index contributed by atoms with van der Waals surface area (Å²) in [5, 5.41) is 17.6. The fraction of sp³-hybridized carbons (Fsp3) is 0.250. The molecule has 0 aromatic heterocycles. The van der Waals surface area contributed by atoms with Gasteiger partial charge in [0.05, 0.1) is 0 Å². The molecule has 1 rings (SSSR count). The van der Waals surface area contributed by atoms with Crippen molar-refractivity contribution >= 4 is 12.6 Å². The maximum Gasteiger partial charge on any atom is 0.488 e. The summed E-state index contributed by atoms with van der Waals surface area (Å²) in [4.78, 5) is 0. The summed E-state index contributed by atoms with van der Waals surface area (Å²) in [6, 6.07) is 6.53. The van der Waals surface area contributed by atoms with Gasteiger partial charge in [0.25, 0.3) is 0 Å². The van der Waals surface area contributed by atoms with Crippen molar-refractivity contribution in [3.8, 4) is 5.75 Å². The van der Waals surface area contributed by atoms with Gasteiger partial charge in [0.15, 0.2) is 0 Å². The predicted octanol–water partition coefficient (Wildman–Crippen LogP) is -1.30. The highest BCUT2D eigenvalue weighted by Gasteiger charge is 2.09. The van der Waals surface area contributed by atoms with Crippen LogP contribution in [-0.2, 0) is 0 Å². The molecule has 0 amide bonds. The first kappa shape index (κ1) is 10.0. The third-order valence-corrected chi connectivity index (χ3v) is 1.56. The smallest absolute Gasteiger partial charge is 0.488 e. The van der Waals surface area contributed by atoms with Crippen LogP contribution in [0.4, 0.5) is 0 Å². The first-order chi connectivity index (χ1) is 6.24. The lowest BCUT2D eigenvalue weighted by atomic mass is 9.80. The first-order valence-electron chi connectivity index (χ1n) is 4.03. The Kier molecular flexibility index (Phi) is 3.76. The maximum atomic E-state index is 8.79. The van der Waals surface area contributed by atoms with Gasteiger partial charge in [0.1, 0.15) is 12.4 Å². The van der Waals surface area contributed by atoms with Crippen LogP contribution in [0.3, 0.4) is 0 Å². The van der Waals surface area contributed by atoms with E-state index in [2.05, 4.69) is 0 Å². The molecule has 13 heavy (non-hydrogen) atoms. The summed E-state index contributed by atoms with van der Waals surface area (Å²) in [5.74, 6) is 0.676. The molecular formula is C8H12BNO3. The second-order valence-corrected chi connectivity index (χ2v) is 2.58. The molecule has 0 heterocycles. The van der Waals surface area contributed by atoms with E-state index in [9.17, 15) is 0 Å². The lowest BCUT2D eigenvalue weighted by Crippen LogP contribution is -2.29. The molecule has 0 radical (unpaired) electrons. The summed E-state index contributed by atoms with van der Waals surface area (Å²) < 4.78 is 5.20. The van der Waals surface area contributed by atoms with E-state index in [1.807, 2.05) is 0 Å². The van der Waals surface area contributed by atoms with E-state index >= 15 is 0 Å². The lowest BCUT2D eigenvalue weighted by Gasteiger charge is -2.04. The normalized spacial score (nSPS) is 9.77. The highest BCUT2D eigenvalue weighted by atomic mass is 16.5. The minimum absolute atomic E-state index is 0.445. The highest BCUT2D eigenvalue weighted by molar-refractivity contribution is 6.58. The van der Waals surface area contributed by atoms with E-state index in [1.54, 1.807) is 24.3 Å². The van der Waals surface area contributed by atoms with Crippen LogP contribution in [0.1, 0.15) is 0 Å². The molecule has 0 aliphatic carbocycles. The zero-order chi connectivity index (χ0) is 9.68. The zero-order valence-corrected chi connectivity index (χ0v) is 7.18. The molecule has 1 aromatic carbocycles. The molecule has 0 unspecified atom stereocenters. The number of nitrogens with two attached hydrogens (primary N) is 1. The van der Waals surface area contributed by atoms with Gasteiger partial charge in [-0.05, 0) is 17.6 Å². The number of hydrogen-bond donors (Lipinski definition) is 3. The molecule has 0 atom stereocenters. The minimum Gasteiger partial charge on any atom is -0.492 e. The largest absolute Gasteiger partial charge is 0.492 e. The second kappa shape index (κ2) is 4.86. The molecule has 4 nitrogen and oxygen atoms in total. The highest BCUT2D eigenvalue weighted by Crippen LogP contribution is 2.06. The van der Waals surface area contributed by atoms with Crippen molar-refractivity contribution in [3.05, 3.63) is 24.3 Å². The summed E-state index contributed by atoms with van der Waals surface area (Å²) >= 11 is 0. The average molecular weight is 181 g/mol. The Bertz CT molecular complexity index is 250. The van der Waals surface area contributed by atoms with Gasteiger partial charge in [-0.3, -0.25) is 0 Å². The molecule has 0 saturated carbocycles. The quantitative estimate of drug-likeness (QED) is 0.505. The Balaban J connectivity index is 2.59. The Hall–Kier alpha value is -1.04. The monoisotopic (exact) mass is 181 g/mol. The van der Waals surface area contributed by atoms with E-state index in [1.165, 1.54) is 0 Å². The maximum absolute atomic E-state index is 8.79. The minimum atomic E-state index is -1.43. The lowest BCUT2D eigenvalue weighted by molar-refractivity contribution is 0.328. The average Bonchev–Trinajstić information content (AvgIpc) is 2.15. The molecular weight excluding hydrogens is 169 g/mol. The SMILES string of the molecule is NCCOc1ccc(B(O)O)cc1. The standard InChI is InChI=1S/C8H12BNO3/c10-5-6-13-8-3-1-7(2-4-8)9(11)12/h1-4,11-12H,5-6,10H2. The van der Waals surface area contributed by atoms with Gasteiger partial charge in [0, 0.05) is 6.54 Å². The molecule has 0 aliphatic heterocycles. The molecule has 0 saturated heterocycles. The Morgan fingerprint density at radius 3 is 2.31 bits per heavy atom. The van der Waals surface area contributed by atoms with Crippen LogP contribution in [0.25, 0.3) is 0 Å². The van der Waals surface area contributed by atoms with Crippen molar-refractivity contribution in [3.63, 3.8) is 0 Å². The van der Waals surface area contributed by atoms with Gasteiger partial charge in [0.2, 0.25) is 0 Å². The van der Waals surface area contributed by atoms with Crippen LogP contribution in [-0.4, -0.2) is 30.3 Å². The van der Waals surface area contributed by atoms with Crippen molar-refractivity contribution < 1.29 is 14.8 Å². The van der Waals surface area contributed by atoms with Gasteiger partial charge >= 0.3 is 7.12 Å². The van der Waals surface area contributed by atoms with E-state index < -0.39 is 7.12 Å². The summed E-state index contributed by atoms with van der Waals surface area (Å²) in [6.45, 7) is 0.922. The molecule has 0 spiro atoms. The third kappa shape index (κ3) is 3.06. The number of hydrogen-bond acceptors (Lipinski definition) is 4. The van der Waals surface area contributed by atoms with Crippen LogP contribution < -0.4 is 15.9 Å². The van der Waals surface area contributed by atoms with Crippen molar-refractivity contribution in [1.82, 2.24) is 0 Å². The zero-order valence-electron chi connectivity index (χ0n) is 7.18. The van der Waals surface area contributed by atoms with Crippen molar-refractivity contribution in [1.29, 1.82) is 0 Å². The molecule has 0 aliphatic rings. The number of rotatable bonds is 4. The van der Waals surface area contributed by atoms with Crippen molar-refractivity contribution in [2.75, 3.05) is 13.2 Å². The fourth-order valence-corrected chi connectivity index (χ4v) is 0.913. The molecule has 5 heteroatoms. The van der Waals surface area contributed by atoms with E-state index in [0.717, 1.165) is 0 Å². The van der Waals surface area contributed by atoms with Gasteiger partial charge in [-0.2, -0.15) is 0 Å². The van der Waals surface area contributed by atoms with Crippen LogP contribution >= 0.6 is 0 Å². The summed E-state index contributed by atoms with van der Waals surface area (Å²) in [5.41, 5.74) is 5.69. The van der Waals surface area contributed by atoms with Crippen LogP contribution in [0.2, 0.25) is 0 Å². The number of benzene rings is 1. The Morgan fingerprint density at radius 2 is 1.85 bits per heavy atom. The van der Waals surface area contributed by atoms with Crippen molar-refractivity contribution in [2.24, 2.45) is 5.73 Å². The molecule has 0 bridgehead atoms. The van der Waals surface area contributed by atoms with E-state index in [0.29, 0.717) is 24.4 Å². The molecule has 4 N–H and O–H groups in total. The van der Waals surface area contributed by atoms with Crippen LogP contribution in [0, 0.1) is 0 Å². The molecule has 1 aromatic rings. The predicted molar refractivity (Wildman–Crippen MR) is 50.8 cm³/mol. The summed E-state index contributed by atoms with van der Waals surface area (Å²) in [7, 11) is -1.43. The van der Waals surface area contributed by atoms with Gasteiger partial charge < -0.3 is 20.5 Å². The Morgan fingerprint density at radius 1 is 1.23 bits per heavy atom. The molecule has 70 valence electrons. The Labute approximate surface area is 77.1 Å². The topological polar surface area (TPSA) is 75.7 Å². The van der Waals surface area contributed by atoms with Crippen LogP contribution in [0.15, 0.2) is 24.3 Å². The fourth-order valence-electron chi connectivity index (χ4n) is 0.913. The van der Waals surface area contributed by atoms with Gasteiger partial charge in [-0.15, -0.1) is 0 Å². The van der Waals surface area contributed by atoms with E-state index in [-0.39, 0.29) is 0 Å². The second-order valence-electron chi connectivity index (χ2n) is 2.58. The number of ether oxygens (including phenoxy) is 1. The van der Waals surface area contributed by atoms with Gasteiger partial charge in [-0.25, -0.2) is 0 Å². The van der Waals surface area contributed by atoms with Gasteiger partial charge in [-0.1, -0.05) is 12.1 Å². The van der Waals surface area contributed by atoms with E-state index in [4.69, 9.17) is 20.5 Å². The van der Waals surface area contributed by atoms with Crippen LogP contribution in [0.5, 0.6) is 5.75 Å². The van der Waals surface area contributed by atoms with Crippen molar-refractivity contribution in [2.45, 2.75) is 0 Å². The molecule has 0 fully saturated rings.